The summed E-state index contributed by atoms with van der Waals surface area (Å²) in [6.07, 6.45) is 4.89. The number of hydrogen-bond donors (Lipinski definition) is 1. The molecule has 1 aliphatic rings. The topological polar surface area (TPSA) is 39.1 Å². The third-order valence-corrected chi connectivity index (χ3v) is 3.29. The van der Waals surface area contributed by atoms with Gasteiger partial charge in [-0.05, 0) is 36.2 Å². The minimum absolute atomic E-state index is 0.129. The van der Waals surface area contributed by atoms with Crippen molar-refractivity contribution in [3.63, 3.8) is 0 Å². The molecule has 2 unspecified atom stereocenters. The fourth-order valence-electron chi connectivity index (χ4n) is 2.14. The maximum Gasteiger partial charge on any atom is 0.0646 e. The number of hydrogen-bond acceptors (Lipinski definition) is 3. The third-order valence-electron chi connectivity index (χ3n) is 2.88. The van der Waals surface area contributed by atoms with Gasteiger partial charge in [-0.25, -0.2) is 0 Å². The van der Waals surface area contributed by atoms with Crippen molar-refractivity contribution < 1.29 is 4.74 Å². The van der Waals surface area contributed by atoms with Crippen LogP contribution in [0.15, 0.2) is 16.9 Å². The van der Waals surface area contributed by atoms with Crippen molar-refractivity contribution in [3.05, 3.63) is 16.9 Å². The van der Waals surface area contributed by atoms with Gasteiger partial charge in [0.1, 0.15) is 0 Å². The van der Waals surface area contributed by atoms with Crippen LogP contribution in [0.25, 0.3) is 0 Å². The number of nitrogens with zero attached hydrogens (tertiary/aromatic N) is 2. The van der Waals surface area contributed by atoms with Crippen LogP contribution in [-0.2, 0) is 11.3 Å². The molecule has 0 saturated carbocycles. The lowest BCUT2D eigenvalue weighted by molar-refractivity contribution is 0.165. The Morgan fingerprint density at radius 3 is 3.12 bits per heavy atom. The van der Waals surface area contributed by atoms with Crippen LogP contribution < -0.4 is 5.32 Å². The second-order valence-corrected chi connectivity index (χ2v) is 5.70. The highest BCUT2D eigenvalue weighted by Crippen LogP contribution is 2.18. The van der Waals surface area contributed by atoms with Gasteiger partial charge in [0, 0.05) is 24.4 Å². The second kappa shape index (κ2) is 4.85. The van der Waals surface area contributed by atoms with E-state index >= 15 is 0 Å². The van der Waals surface area contributed by atoms with Gasteiger partial charge in [0.05, 0.1) is 23.8 Å². The van der Waals surface area contributed by atoms with E-state index in [1.54, 1.807) is 0 Å². The molecule has 0 aliphatic carbocycles. The van der Waals surface area contributed by atoms with Crippen LogP contribution in [0.4, 0.5) is 0 Å². The van der Waals surface area contributed by atoms with E-state index in [1.165, 1.54) is 0 Å². The molecule has 0 spiro atoms. The minimum atomic E-state index is 0.129. The monoisotopic (exact) mass is 287 g/mol. The van der Waals surface area contributed by atoms with E-state index in [4.69, 9.17) is 4.74 Å². The summed E-state index contributed by atoms with van der Waals surface area (Å²) in [6.45, 7) is 6.94. The summed E-state index contributed by atoms with van der Waals surface area (Å²) in [6, 6.07) is 0.387. The summed E-state index contributed by atoms with van der Waals surface area (Å²) in [4.78, 5) is 0. The van der Waals surface area contributed by atoms with Crippen LogP contribution in [-0.4, -0.2) is 34.6 Å². The van der Waals surface area contributed by atoms with E-state index in [0.29, 0.717) is 6.04 Å². The average molecular weight is 288 g/mol. The highest BCUT2D eigenvalue weighted by molar-refractivity contribution is 9.10. The first-order valence-electron chi connectivity index (χ1n) is 5.61. The Bertz CT molecular complexity index is 347. The Morgan fingerprint density at radius 1 is 1.75 bits per heavy atom. The maximum absolute atomic E-state index is 5.42. The second-order valence-electron chi connectivity index (χ2n) is 4.79. The summed E-state index contributed by atoms with van der Waals surface area (Å²) >= 11 is 3.40. The molecule has 1 fully saturated rings. The summed E-state index contributed by atoms with van der Waals surface area (Å²) < 4.78 is 8.39. The van der Waals surface area contributed by atoms with Gasteiger partial charge in [-0.2, -0.15) is 5.10 Å². The summed E-state index contributed by atoms with van der Waals surface area (Å²) in [7, 11) is 0. The predicted molar refractivity (Wildman–Crippen MR) is 66.4 cm³/mol. The highest BCUT2D eigenvalue weighted by Gasteiger charge is 2.30. The highest BCUT2D eigenvalue weighted by atomic mass is 79.9. The molecule has 5 heteroatoms. The summed E-state index contributed by atoms with van der Waals surface area (Å²) in [5.74, 6) is 0. The fraction of sp³-hybridized carbons (Fsp3) is 0.727. The molecule has 4 nitrogen and oxygen atoms in total. The molecule has 90 valence electrons. The van der Waals surface area contributed by atoms with E-state index in [-0.39, 0.29) is 5.54 Å². The summed E-state index contributed by atoms with van der Waals surface area (Å²) in [5.41, 5.74) is 0.129. The molecule has 0 aromatic carbocycles. The first-order valence-corrected chi connectivity index (χ1v) is 6.40. The average Bonchev–Trinajstić information content (AvgIpc) is 2.75. The number of halogens is 1. The zero-order valence-corrected chi connectivity index (χ0v) is 11.3. The molecule has 2 rings (SSSR count). The smallest absolute Gasteiger partial charge is 0.0646 e. The lowest BCUT2D eigenvalue weighted by atomic mass is 10.0. The van der Waals surface area contributed by atoms with Crippen LogP contribution in [0.3, 0.4) is 0 Å². The van der Waals surface area contributed by atoms with Crippen molar-refractivity contribution in [1.29, 1.82) is 0 Å². The molecule has 1 N–H and O–H groups in total. The molecule has 1 aliphatic heterocycles. The molecular formula is C11H18BrN3O. The van der Waals surface area contributed by atoms with Crippen LogP contribution in [0.5, 0.6) is 0 Å². The van der Waals surface area contributed by atoms with Crippen LogP contribution in [0, 0.1) is 0 Å². The molecule has 0 radical (unpaired) electrons. The van der Waals surface area contributed by atoms with Crippen molar-refractivity contribution in [2.24, 2.45) is 0 Å². The van der Waals surface area contributed by atoms with Crippen LogP contribution >= 0.6 is 15.9 Å². The Balaban J connectivity index is 1.86. The quantitative estimate of drug-likeness (QED) is 0.918. The van der Waals surface area contributed by atoms with Crippen LogP contribution in [0.1, 0.15) is 20.3 Å². The molecular weight excluding hydrogens is 270 g/mol. The molecule has 1 saturated heterocycles. The Labute approximate surface area is 104 Å². The molecule has 2 atom stereocenters. The Kier molecular flexibility index (Phi) is 3.66. The Hall–Kier alpha value is -0.390. The fourth-order valence-corrected chi connectivity index (χ4v) is 2.47. The number of nitrogens with one attached hydrogen (secondary N) is 1. The maximum atomic E-state index is 5.42. The molecule has 16 heavy (non-hydrogen) atoms. The van der Waals surface area contributed by atoms with Gasteiger partial charge >= 0.3 is 0 Å². The van der Waals surface area contributed by atoms with Gasteiger partial charge in [-0.3, -0.25) is 4.68 Å². The number of rotatable bonds is 4. The summed E-state index contributed by atoms with van der Waals surface area (Å²) in [5, 5.41) is 7.86. The normalized spacial score (nSPS) is 27.2. The first kappa shape index (κ1) is 12.1. The zero-order valence-electron chi connectivity index (χ0n) is 9.74. The van der Waals surface area contributed by atoms with Gasteiger partial charge in [0.25, 0.3) is 0 Å². The molecule has 1 aromatic rings. The van der Waals surface area contributed by atoms with E-state index in [1.807, 2.05) is 17.1 Å². The van der Waals surface area contributed by atoms with Gasteiger partial charge in [-0.1, -0.05) is 0 Å². The van der Waals surface area contributed by atoms with Gasteiger partial charge in [0.2, 0.25) is 0 Å². The van der Waals surface area contributed by atoms with Crippen molar-refractivity contribution in [2.45, 2.75) is 38.4 Å². The minimum Gasteiger partial charge on any atom is -0.379 e. The zero-order chi connectivity index (χ0) is 11.6. The van der Waals surface area contributed by atoms with Gasteiger partial charge < -0.3 is 10.1 Å². The van der Waals surface area contributed by atoms with E-state index in [0.717, 1.165) is 30.7 Å². The van der Waals surface area contributed by atoms with E-state index in [9.17, 15) is 0 Å². The number of ether oxygens (including phenoxy) is 1. The van der Waals surface area contributed by atoms with Crippen molar-refractivity contribution >= 4 is 15.9 Å². The molecule has 1 aromatic heterocycles. The lowest BCUT2D eigenvalue weighted by Crippen LogP contribution is -2.49. The van der Waals surface area contributed by atoms with Crippen LogP contribution in [0.2, 0.25) is 0 Å². The van der Waals surface area contributed by atoms with E-state index < -0.39 is 0 Å². The number of aromatic nitrogens is 2. The van der Waals surface area contributed by atoms with E-state index in [2.05, 4.69) is 40.2 Å². The Morgan fingerprint density at radius 2 is 2.56 bits per heavy atom. The molecule has 2 heterocycles. The van der Waals surface area contributed by atoms with Crippen molar-refractivity contribution in [2.75, 3.05) is 13.2 Å². The molecule has 0 amide bonds. The first-order chi connectivity index (χ1) is 7.57. The van der Waals surface area contributed by atoms with Crippen molar-refractivity contribution in [1.82, 2.24) is 15.1 Å². The lowest BCUT2D eigenvalue weighted by Gasteiger charge is -2.28. The van der Waals surface area contributed by atoms with Gasteiger partial charge in [0.15, 0.2) is 0 Å². The third kappa shape index (κ3) is 3.06. The standard InChI is InChI=1S/C11H18BrN3O/c1-9(6-15-7-10(12)5-13-15)14-11(2)3-4-16-8-11/h5,7,9,14H,3-4,6,8H2,1-2H3. The predicted octanol–water partition coefficient (Wildman–Crippen LogP) is 1.80. The SMILES string of the molecule is CC(Cn1cc(Br)cn1)NC1(C)CCOC1. The van der Waals surface area contributed by atoms with Gasteiger partial charge in [-0.15, -0.1) is 0 Å². The van der Waals surface area contributed by atoms with Crippen molar-refractivity contribution in [3.8, 4) is 0 Å². The largest absolute Gasteiger partial charge is 0.379 e. The molecule has 0 bridgehead atoms.